The summed E-state index contributed by atoms with van der Waals surface area (Å²) in [5, 5.41) is 8.93. The number of hydrogen-bond donors (Lipinski definition) is 1. The molecule has 0 aliphatic rings. The summed E-state index contributed by atoms with van der Waals surface area (Å²) < 4.78 is 27.6. The Morgan fingerprint density at radius 1 is 1.42 bits per heavy atom. The van der Waals surface area contributed by atoms with Crippen molar-refractivity contribution in [2.24, 2.45) is 0 Å². The normalized spacial score (nSPS) is 10.2. The predicted molar refractivity (Wildman–Crippen MR) is 42.9 cm³/mol. The van der Waals surface area contributed by atoms with E-state index in [9.17, 15) is 8.78 Å². The summed E-state index contributed by atoms with van der Waals surface area (Å²) >= 11 is 0. The zero-order chi connectivity index (χ0) is 9.14. The van der Waals surface area contributed by atoms with Gasteiger partial charge < -0.3 is 9.84 Å². The van der Waals surface area contributed by atoms with E-state index in [1.165, 1.54) is 12.1 Å². The van der Waals surface area contributed by atoms with E-state index in [1.807, 2.05) is 0 Å². The first-order chi connectivity index (χ1) is 5.59. The predicted octanol–water partition coefficient (Wildman–Crippen LogP) is 0.252. The van der Waals surface area contributed by atoms with E-state index in [4.69, 9.17) is 5.11 Å². The Labute approximate surface area is 69.2 Å². The van der Waals surface area contributed by atoms with Crippen molar-refractivity contribution in [3.05, 3.63) is 18.2 Å². The molecule has 12 heavy (non-hydrogen) atoms. The van der Waals surface area contributed by atoms with Crippen LogP contribution < -0.4 is 10.2 Å². The maximum absolute atomic E-state index is 11.7. The Morgan fingerprint density at radius 3 is 2.67 bits per heavy atom. The lowest BCUT2D eigenvalue weighted by molar-refractivity contribution is -0.0492. The van der Waals surface area contributed by atoms with E-state index >= 15 is 0 Å². The number of phenolic OH excluding ortho intramolecular Hbond substituents is 1. The topological polar surface area (TPSA) is 29.5 Å². The molecule has 1 aromatic carbocycles. The molecular formula is C7H7BF2O2. The van der Waals surface area contributed by atoms with Gasteiger partial charge in [-0.15, -0.1) is 0 Å². The Kier molecular flexibility index (Phi) is 2.52. The van der Waals surface area contributed by atoms with Gasteiger partial charge in [0.15, 0.2) is 0 Å². The first-order valence-corrected chi connectivity index (χ1v) is 3.34. The number of benzene rings is 1. The number of alkyl halides is 2. The summed E-state index contributed by atoms with van der Waals surface area (Å²) in [6.07, 6.45) is 0. The van der Waals surface area contributed by atoms with Crippen LogP contribution in [-0.4, -0.2) is 19.6 Å². The second-order valence-corrected chi connectivity index (χ2v) is 2.33. The first kappa shape index (κ1) is 8.84. The highest BCUT2D eigenvalue weighted by Gasteiger charge is 2.06. The molecule has 0 aliphatic heterocycles. The lowest BCUT2D eigenvalue weighted by Crippen LogP contribution is -2.12. The molecule has 1 N–H and O–H groups in total. The van der Waals surface area contributed by atoms with E-state index in [-0.39, 0.29) is 11.5 Å². The SMILES string of the molecule is Bc1ccc(O)cc1OC(F)F. The highest BCUT2D eigenvalue weighted by atomic mass is 19.3. The van der Waals surface area contributed by atoms with Crippen LogP contribution in [0.25, 0.3) is 0 Å². The summed E-state index contributed by atoms with van der Waals surface area (Å²) in [4.78, 5) is 0. The lowest BCUT2D eigenvalue weighted by Gasteiger charge is -2.07. The van der Waals surface area contributed by atoms with Crippen molar-refractivity contribution in [2.45, 2.75) is 6.61 Å². The van der Waals surface area contributed by atoms with Crippen LogP contribution in [0.5, 0.6) is 11.5 Å². The van der Waals surface area contributed by atoms with Crippen LogP contribution in [0.15, 0.2) is 18.2 Å². The van der Waals surface area contributed by atoms with Crippen LogP contribution in [0, 0.1) is 0 Å². The third kappa shape index (κ3) is 2.12. The molecular weight excluding hydrogens is 165 g/mol. The first-order valence-electron chi connectivity index (χ1n) is 3.34. The highest BCUT2D eigenvalue weighted by molar-refractivity contribution is 6.34. The summed E-state index contributed by atoms with van der Waals surface area (Å²) in [6.45, 7) is -2.86. The van der Waals surface area contributed by atoms with Gasteiger partial charge in [0.2, 0.25) is 0 Å². The number of aromatic hydroxyl groups is 1. The van der Waals surface area contributed by atoms with E-state index in [2.05, 4.69) is 4.74 Å². The number of halogens is 2. The molecule has 0 aliphatic carbocycles. The van der Waals surface area contributed by atoms with Crippen LogP contribution in [0.2, 0.25) is 0 Å². The van der Waals surface area contributed by atoms with Gasteiger partial charge >= 0.3 is 6.61 Å². The van der Waals surface area contributed by atoms with Crippen molar-refractivity contribution in [1.29, 1.82) is 0 Å². The molecule has 64 valence electrons. The van der Waals surface area contributed by atoms with Gasteiger partial charge in [-0.25, -0.2) is 0 Å². The van der Waals surface area contributed by atoms with Gasteiger partial charge in [-0.1, -0.05) is 6.07 Å². The van der Waals surface area contributed by atoms with Crippen molar-refractivity contribution in [3.8, 4) is 11.5 Å². The van der Waals surface area contributed by atoms with Gasteiger partial charge in [-0.2, -0.15) is 8.78 Å². The highest BCUT2D eigenvalue weighted by Crippen LogP contribution is 2.16. The third-order valence-electron chi connectivity index (χ3n) is 1.39. The summed E-state index contributed by atoms with van der Waals surface area (Å²) in [5.74, 6) is -0.0822. The number of rotatable bonds is 2. The molecule has 0 heterocycles. The van der Waals surface area contributed by atoms with Gasteiger partial charge in [-0.05, 0) is 11.5 Å². The molecule has 0 bridgehead atoms. The molecule has 2 nitrogen and oxygen atoms in total. The average Bonchev–Trinajstić information content (AvgIpc) is 1.96. The maximum atomic E-state index is 11.7. The molecule has 1 rings (SSSR count). The summed E-state index contributed by atoms with van der Waals surface area (Å²) in [5.41, 5.74) is 0.563. The molecule has 0 atom stereocenters. The Hall–Kier alpha value is -1.26. The quantitative estimate of drug-likeness (QED) is 0.648. The van der Waals surface area contributed by atoms with Crippen LogP contribution in [-0.2, 0) is 0 Å². The van der Waals surface area contributed by atoms with Gasteiger partial charge in [0.05, 0.1) is 0 Å². The standard InChI is InChI=1S/C7H7BF2O2/c8-5-2-1-4(11)3-6(5)12-7(9)10/h1-3,7,11H,8H2. The maximum Gasteiger partial charge on any atom is 0.387 e. The van der Waals surface area contributed by atoms with E-state index < -0.39 is 6.61 Å². The van der Waals surface area contributed by atoms with Gasteiger partial charge in [-0.3, -0.25) is 0 Å². The summed E-state index contributed by atoms with van der Waals surface area (Å²) in [7, 11) is 1.62. The Balaban J connectivity index is 2.90. The Morgan fingerprint density at radius 2 is 2.08 bits per heavy atom. The van der Waals surface area contributed by atoms with Gasteiger partial charge in [0.25, 0.3) is 0 Å². The van der Waals surface area contributed by atoms with E-state index in [0.29, 0.717) is 5.46 Å². The fourth-order valence-corrected chi connectivity index (χ4v) is 0.812. The fraction of sp³-hybridized carbons (Fsp3) is 0.143. The Bertz CT molecular complexity index is 278. The van der Waals surface area contributed by atoms with Crippen LogP contribution in [0.4, 0.5) is 8.78 Å². The second kappa shape index (κ2) is 3.43. The molecule has 0 spiro atoms. The molecule has 0 saturated carbocycles. The van der Waals surface area contributed by atoms with Crippen LogP contribution in [0.3, 0.4) is 0 Å². The van der Waals surface area contributed by atoms with Crippen molar-refractivity contribution in [1.82, 2.24) is 0 Å². The largest absolute Gasteiger partial charge is 0.508 e. The van der Waals surface area contributed by atoms with Gasteiger partial charge in [0, 0.05) is 6.07 Å². The van der Waals surface area contributed by atoms with E-state index in [0.717, 1.165) is 6.07 Å². The van der Waals surface area contributed by atoms with Crippen molar-refractivity contribution in [2.75, 3.05) is 0 Å². The second-order valence-electron chi connectivity index (χ2n) is 2.33. The molecule has 5 heteroatoms. The van der Waals surface area contributed by atoms with Crippen molar-refractivity contribution in [3.63, 3.8) is 0 Å². The number of ether oxygens (including phenoxy) is 1. The molecule has 0 aromatic heterocycles. The lowest BCUT2D eigenvalue weighted by atomic mass is 9.95. The smallest absolute Gasteiger partial charge is 0.387 e. The zero-order valence-corrected chi connectivity index (χ0v) is 6.42. The fourth-order valence-electron chi connectivity index (χ4n) is 0.812. The van der Waals surface area contributed by atoms with E-state index in [1.54, 1.807) is 7.85 Å². The monoisotopic (exact) mass is 172 g/mol. The molecule has 0 saturated heterocycles. The minimum Gasteiger partial charge on any atom is -0.508 e. The van der Waals surface area contributed by atoms with Crippen molar-refractivity contribution < 1.29 is 18.6 Å². The molecule has 0 radical (unpaired) electrons. The minimum absolute atomic E-state index is 0.00463. The third-order valence-corrected chi connectivity index (χ3v) is 1.39. The molecule has 0 fully saturated rings. The van der Waals surface area contributed by atoms with Crippen molar-refractivity contribution >= 4 is 13.3 Å². The number of hydrogen-bond acceptors (Lipinski definition) is 2. The average molecular weight is 172 g/mol. The van der Waals surface area contributed by atoms with Crippen LogP contribution in [0.1, 0.15) is 0 Å². The molecule has 1 aromatic rings. The zero-order valence-electron chi connectivity index (χ0n) is 6.42. The molecule has 0 amide bonds. The minimum atomic E-state index is -2.86. The van der Waals surface area contributed by atoms with Gasteiger partial charge in [0.1, 0.15) is 19.3 Å². The molecule has 0 unspecified atom stereocenters. The number of phenols is 1. The van der Waals surface area contributed by atoms with Crippen LogP contribution >= 0.6 is 0 Å². The summed E-state index contributed by atoms with van der Waals surface area (Å²) in [6, 6.07) is 4.07.